The number of carbonyl (C=O) groups excluding carboxylic acids is 1. The van der Waals surface area contributed by atoms with Crippen molar-refractivity contribution in [2.75, 3.05) is 45.8 Å². The van der Waals surface area contributed by atoms with Crippen molar-refractivity contribution >= 4 is 41.5 Å². The molecule has 1 amide bonds. The first-order valence-corrected chi connectivity index (χ1v) is 9.71. The third kappa shape index (κ3) is 10.4. The Bertz CT molecular complexity index is 772. The molecule has 0 aliphatic rings. The molecule has 0 aliphatic heterocycles. The average Bonchev–Trinajstić information content (AvgIpc) is 2.75. The number of hydrogen-bond acceptors (Lipinski definition) is 4. The van der Waals surface area contributed by atoms with Gasteiger partial charge < -0.3 is 25.4 Å². The standard InChI is InChI=1S/C22H30N4O3.HI/c1-23-22(25-17-21(27)24-13-12-18-8-4-3-5-9-18)26-19-10-6-11-20(16-19)29-15-7-14-28-2;/h3-6,8-11,16H,7,12-15,17H2,1-2H3,(H,24,27)(H2,23,25,26);1H. The summed E-state index contributed by atoms with van der Waals surface area (Å²) >= 11 is 0. The molecule has 0 bridgehead atoms. The number of nitrogens with one attached hydrogen (secondary N) is 3. The maximum absolute atomic E-state index is 12.0. The predicted octanol–water partition coefficient (Wildman–Crippen LogP) is 3.07. The van der Waals surface area contributed by atoms with Gasteiger partial charge in [0.25, 0.3) is 0 Å². The van der Waals surface area contributed by atoms with Crippen LogP contribution in [-0.2, 0) is 16.0 Å². The summed E-state index contributed by atoms with van der Waals surface area (Å²) in [4.78, 5) is 16.2. The van der Waals surface area contributed by atoms with Gasteiger partial charge >= 0.3 is 0 Å². The van der Waals surface area contributed by atoms with Gasteiger partial charge in [0.1, 0.15) is 5.75 Å². The molecule has 0 fully saturated rings. The Morgan fingerprint density at radius 3 is 2.57 bits per heavy atom. The molecule has 2 rings (SSSR count). The van der Waals surface area contributed by atoms with Gasteiger partial charge in [-0.1, -0.05) is 36.4 Å². The number of benzene rings is 2. The molecule has 0 spiro atoms. The van der Waals surface area contributed by atoms with Gasteiger partial charge in [-0.3, -0.25) is 9.79 Å². The van der Waals surface area contributed by atoms with Crippen molar-refractivity contribution in [3.05, 3.63) is 60.2 Å². The molecule has 0 saturated heterocycles. The highest BCUT2D eigenvalue weighted by Crippen LogP contribution is 2.17. The number of amides is 1. The van der Waals surface area contributed by atoms with Crippen molar-refractivity contribution in [1.82, 2.24) is 10.6 Å². The number of aliphatic imine (C=N–C) groups is 1. The van der Waals surface area contributed by atoms with Crippen LogP contribution in [-0.4, -0.2) is 52.3 Å². The smallest absolute Gasteiger partial charge is 0.239 e. The highest BCUT2D eigenvalue weighted by atomic mass is 127. The van der Waals surface area contributed by atoms with Crippen LogP contribution in [0, 0.1) is 0 Å². The first-order valence-electron chi connectivity index (χ1n) is 9.71. The summed E-state index contributed by atoms with van der Waals surface area (Å²) in [5.74, 6) is 1.19. The Labute approximate surface area is 195 Å². The van der Waals surface area contributed by atoms with E-state index in [4.69, 9.17) is 9.47 Å². The van der Waals surface area contributed by atoms with E-state index in [-0.39, 0.29) is 36.4 Å². The number of halogens is 1. The third-order valence-electron chi connectivity index (χ3n) is 4.08. The Hall–Kier alpha value is -2.33. The zero-order valence-electron chi connectivity index (χ0n) is 17.5. The molecule has 0 aliphatic carbocycles. The summed E-state index contributed by atoms with van der Waals surface area (Å²) in [7, 11) is 3.33. The van der Waals surface area contributed by atoms with Crippen LogP contribution in [0.25, 0.3) is 0 Å². The Balaban J connectivity index is 0.00000450. The quantitative estimate of drug-likeness (QED) is 0.182. The summed E-state index contributed by atoms with van der Waals surface area (Å²) < 4.78 is 10.7. The third-order valence-corrected chi connectivity index (χ3v) is 4.08. The van der Waals surface area contributed by atoms with Crippen LogP contribution < -0.4 is 20.7 Å². The second kappa shape index (κ2) is 15.5. The largest absolute Gasteiger partial charge is 0.493 e. The molecule has 0 heterocycles. The Morgan fingerprint density at radius 2 is 1.83 bits per heavy atom. The Morgan fingerprint density at radius 1 is 1.03 bits per heavy atom. The van der Waals surface area contributed by atoms with Crippen molar-refractivity contribution < 1.29 is 14.3 Å². The van der Waals surface area contributed by atoms with E-state index >= 15 is 0 Å². The van der Waals surface area contributed by atoms with Crippen LogP contribution in [0.3, 0.4) is 0 Å². The van der Waals surface area contributed by atoms with Gasteiger partial charge in [0.05, 0.1) is 13.2 Å². The number of methoxy groups -OCH3 is 1. The zero-order valence-corrected chi connectivity index (χ0v) is 19.8. The van der Waals surface area contributed by atoms with Gasteiger partial charge in [-0.15, -0.1) is 24.0 Å². The summed E-state index contributed by atoms with van der Waals surface area (Å²) in [6.07, 6.45) is 1.63. The topological polar surface area (TPSA) is 84.0 Å². The number of guanidine groups is 1. The zero-order chi connectivity index (χ0) is 20.7. The molecule has 0 radical (unpaired) electrons. The minimum absolute atomic E-state index is 0. The molecular formula is C22H31IN4O3. The van der Waals surface area contributed by atoms with Crippen LogP contribution in [0.1, 0.15) is 12.0 Å². The van der Waals surface area contributed by atoms with E-state index < -0.39 is 0 Å². The molecule has 2 aromatic carbocycles. The summed E-state index contributed by atoms with van der Waals surface area (Å²) in [5, 5.41) is 9.08. The minimum Gasteiger partial charge on any atom is -0.493 e. The lowest BCUT2D eigenvalue weighted by Crippen LogP contribution is -2.40. The van der Waals surface area contributed by atoms with Crippen molar-refractivity contribution in [1.29, 1.82) is 0 Å². The highest BCUT2D eigenvalue weighted by Gasteiger charge is 2.05. The van der Waals surface area contributed by atoms with Gasteiger partial charge in [-0.25, -0.2) is 0 Å². The minimum atomic E-state index is -0.0842. The van der Waals surface area contributed by atoms with E-state index in [9.17, 15) is 4.79 Å². The normalized spacial score (nSPS) is 10.7. The van der Waals surface area contributed by atoms with Crippen molar-refractivity contribution in [3.63, 3.8) is 0 Å². The molecular weight excluding hydrogens is 495 g/mol. The molecule has 0 unspecified atom stereocenters. The molecule has 7 nitrogen and oxygen atoms in total. The first kappa shape index (κ1) is 25.7. The molecule has 0 aromatic heterocycles. The second-order valence-corrected chi connectivity index (χ2v) is 6.36. The summed E-state index contributed by atoms with van der Waals surface area (Å²) in [6, 6.07) is 17.7. The van der Waals surface area contributed by atoms with Gasteiger partial charge in [0.15, 0.2) is 5.96 Å². The lowest BCUT2D eigenvalue weighted by Gasteiger charge is -2.13. The van der Waals surface area contributed by atoms with Crippen LogP contribution in [0.2, 0.25) is 0 Å². The van der Waals surface area contributed by atoms with Crippen molar-refractivity contribution in [2.45, 2.75) is 12.8 Å². The second-order valence-electron chi connectivity index (χ2n) is 6.36. The molecule has 2 aromatic rings. The fraction of sp³-hybridized carbons (Fsp3) is 0.364. The van der Waals surface area contributed by atoms with Gasteiger partial charge in [-0.05, 0) is 24.1 Å². The van der Waals surface area contributed by atoms with E-state index in [1.165, 1.54) is 5.56 Å². The lowest BCUT2D eigenvalue weighted by atomic mass is 10.1. The fourth-order valence-electron chi connectivity index (χ4n) is 2.59. The summed E-state index contributed by atoms with van der Waals surface area (Å²) in [6.45, 7) is 2.00. The molecule has 0 saturated carbocycles. The van der Waals surface area contributed by atoms with Crippen LogP contribution >= 0.6 is 24.0 Å². The van der Waals surface area contributed by atoms with Crippen LogP contribution in [0.4, 0.5) is 5.69 Å². The molecule has 30 heavy (non-hydrogen) atoms. The van der Waals surface area contributed by atoms with Crippen LogP contribution in [0.5, 0.6) is 5.75 Å². The van der Waals surface area contributed by atoms with Crippen LogP contribution in [0.15, 0.2) is 59.6 Å². The molecule has 8 heteroatoms. The molecule has 164 valence electrons. The van der Waals surface area contributed by atoms with E-state index in [1.54, 1.807) is 14.2 Å². The maximum Gasteiger partial charge on any atom is 0.239 e. The number of anilines is 1. The monoisotopic (exact) mass is 526 g/mol. The SMILES string of the molecule is CN=C(NCC(=O)NCCc1ccccc1)Nc1cccc(OCCCOC)c1.I. The molecule has 0 atom stereocenters. The van der Waals surface area contributed by atoms with Gasteiger partial charge in [0, 0.05) is 45.5 Å². The Kier molecular flexibility index (Phi) is 13.3. The number of hydrogen-bond donors (Lipinski definition) is 3. The average molecular weight is 526 g/mol. The van der Waals surface area contributed by atoms with Crippen molar-refractivity contribution in [3.8, 4) is 5.75 Å². The highest BCUT2D eigenvalue weighted by molar-refractivity contribution is 14.0. The number of carbonyl (C=O) groups is 1. The first-order chi connectivity index (χ1) is 14.2. The van der Waals surface area contributed by atoms with Gasteiger partial charge in [-0.2, -0.15) is 0 Å². The van der Waals surface area contributed by atoms with E-state index in [1.807, 2.05) is 54.6 Å². The lowest BCUT2D eigenvalue weighted by molar-refractivity contribution is -0.119. The van der Waals surface area contributed by atoms with E-state index in [2.05, 4.69) is 20.9 Å². The number of ether oxygens (including phenoxy) is 2. The number of rotatable bonds is 11. The summed E-state index contributed by atoms with van der Waals surface area (Å²) in [5.41, 5.74) is 2.02. The predicted molar refractivity (Wildman–Crippen MR) is 132 cm³/mol. The van der Waals surface area contributed by atoms with Crippen molar-refractivity contribution in [2.24, 2.45) is 4.99 Å². The fourth-order valence-corrected chi connectivity index (χ4v) is 2.59. The number of nitrogens with zero attached hydrogens (tertiary/aromatic N) is 1. The van der Waals surface area contributed by atoms with E-state index in [0.717, 1.165) is 24.3 Å². The van der Waals surface area contributed by atoms with Gasteiger partial charge in [0.2, 0.25) is 5.91 Å². The molecule has 3 N–H and O–H groups in total. The maximum atomic E-state index is 12.0. The van der Waals surface area contributed by atoms with E-state index in [0.29, 0.717) is 25.7 Å².